The van der Waals surface area contributed by atoms with Crippen molar-refractivity contribution in [3.63, 3.8) is 0 Å². The molecule has 0 radical (unpaired) electrons. The van der Waals surface area contributed by atoms with Gasteiger partial charge in [0.25, 0.3) is 0 Å². The molecule has 0 aliphatic rings. The van der Waals surface area contributed by atoms with Crippen LogP contribution in [-0.2, 0) is 0 Å². The van der Waals surface area contributed by atoms with Crippen molar-refractivity contribution in [2.24, 2.45) is 0 Å². The summed E-state index contributed by atoms with van der Waals surface area (Å²) in [6.45, 7) is 0. The van der Waals surface area contributed by atoms with Gasteiger partial charge in [-0.25, -0.2) is 15.0 Å². The summed E-state index contributed by atoms with van der Waals surface area (Å²) in [7, 11) is 0. The van der Waals surface area contributed by atoms with Gasteiger partial charge in [-0.2, -0.15) is 0 Å². The van der Waals surface area contributed by atoms with E-state index in [-0.39, 0.29) is 0 Å². The van der Waals surface area contributed by atoms with Crippen LogP contribution in [0, 0.1) is 0 Å². The third-order valence-electron chi connectivity index (χ3n) is 10.4. The number of nitrogens with zero attached hydrogens (tertiary/aromatic N) is 4. The molecular formula is C49H30N4O. The van der Waals surface area contributed by atoms with Crippen molar-refractivity contribution in [2.75, 3.05) is 0 Å². The van der Waals surface area contributed by atoms with E-state index in [0.29, 0.717) is 17.5 Å². The van der Waals surface area contributed by atoms with Crippen LogP contribution in [0.1, 0.15) is 0 Å². The molecule has 0 fully saturated rings. The lowest BCUT2D eigenvalue weighted by Crippen LogP contribution is -2.01. The average Bonchev–Trinajstić information content (AvgIpc) is 3.79. The molecule has 0 bridgehead atoms. The van der Waals surface area contributed by atoms with E-state index in [4.69, 9.17) is 19.4 Å². The Kier molecular flexibility index (Phi) is 6.79. The minimum absolute atomic E-state index is 0.587. The van der Waals surface area contributed by atoms with Gasteiger partial charge in [-0.05, 0) is 70.4 Å². The van der Waals surface area contributed by atoms with E-state index in [1.165, 1.54) is 32.7 Å². The van der Waals surface area contributed by atoms with Crippen molar-refractivity contribution in [1.29, 1.82) is 0 Å². The van der Waals surface area contributed by atoms with Crippen molar-refractivity contribution in [3.8, 4) is 51.0 Å². The van der Waals surface area contributed by atoms with E-state index in [9.17, 15) is 0 Å². The van der Waals surface area contributed by atoms with Gasteiger partial charge < -0.3 is 8.98 Å². The van der Waals surface area contributed by atoms with Crippen LogP contribution < -0.4 is 0 Å². The fourth-order valence-electron chi connectivity index (χ4n) is 7.80. The van der Waals surface area contributed by atoms with E-state index in [2.05, 4.69) is 132 Å². The SMILES string of the molecule is c1ccc(-c2nc(-c3cccc(-n4c5ccccc5c5ccc(-c6ccc7ccccc7c6)cc54)c3)nc(-c3ccc4c(c3)oc3ccccc34)n2)cc1. The van der Waals surface area contributed by atoms with Crippen molar-refractivity contribution in [3.05, 3.63) is 182 Å². The molecule has 5 nitrogen and oxygen atoms in total. The van der Waals surface area contributed by atoms with E-state index < -0.39 is 0 Å². The molecule has 5 heteroatoms. The van der Waals surface area contributed by atoms with Crippen LogP contribution in [0.3, 0.4) is 0 Å². The number of hydrogen-bond donors (Lipinski definition) is 0. The highest BCUT2D eigenvalue weighted by Crippen LogP contribution is 2.37. The minimum Gasteiger partial charge on any atom is -0.456 e. The summed E-state index contributed by atoms with van der Waals surface area (Å²) in [6.07, 6.45) is 0. The van der Waals surface area contributed by atoms with Crippen molar-refractivity contribution in [1.82, 2.24) is 19.5 Å². The molecule has 8 aromatic carbocycles. The Labute approximate surface area is 310 Å². The van der Waals surface area contributed by atoms with E-state index >= 15 is 0 Å². The molecule has 0 atom stereocenters. The summed E-state index contributed by atoms with van der Waals surface area (Å²) in [5.74, 6) is 1.80. The molecule has 54 heavy (non-hydrogen) atoms. The third-order valence-corrected chi connectivity index (χ3v) is 10.4. The predicted octanol–water partition coefficient (Wildman–Crippen LogP) is 12.7. The maximum atomic E-state index is 6.25. The van der Waals surface area contributed by atoms with Gasteiger partial charge in [-0.1, -0.05) is 133 Å². The zero-order valence-electron chi connectivity index (χ0n) is 29.0. The number of rotatable bonds is 5. The van der Waals surface area contributed by atoms with Crippen LogP contribution in [0.4, 0.5) is 0 Å². The second kappa shape index (κ2) is 12.1. The van der Waals surface area contributed by atoms with Gasteiger partial charge in [-0.3, -0.25) is 0 Å². The van der Waals surface area contributed by atoms with Crippen molar-refractivity contribution in [2.45, 2.75) is 0 Å². The molecule has 0 saturated carbocycles. The topological polar surface area (TPSA) is 56.7 Å². The number of para-hydroxylation sites is 2. The number of aromatic nitrogens is 4. The molecule has 0 aliphatic heterocycles. The van der Waals surface area contributed by atoms with Crippen LogP contribution in [0.15, 0.2) is 186 Å². The molecule has 0 unspecified atom stereocenters. The predicted molar refractivity (Wildman–Crippen MR) is 221 cm³/mol. The second-order valence-corrected chi connectivity index (χ2v) is 13.7. The highest BCUT2D eigenvalue weighted by Gasteiger charge is 2.17. The molecule has 0 saturated heterocycles. The third kappa shape index (κ3) is 4.98. The van der Waals surface area contributed by atoms with Gasteiger partial charge in [0.15, 0.2) is 17.5 Å². The van der Waals surface area contributed by atoms with Crippen LogP contribution in [-0.4, -0.2) is 19.5 Å². The van der Waals surface area contributed by atoms with Gasteiger partial charge in [-0.15, -0.1) is 0 Å². The lowest BCUT2D eigenvalue weighted by atomic mass is 10.00. The van der Waals surface area contributed by atoms with E-state index in [0.717, 1.165) is 55.3 Å². The monoisotopic (exact) mass is 690 g/mol. The molecule has 0 N–H and O–H groups in total. The first-order valence-electron chi connectivity index (χ1n) is 18.1. The Morgan fingerprint density at radius 2 is 0.926 bits per heavy atom. The maximum absolute atomic E-state index is 6.25. The van der Waals surface area contributed by atoms with Gasteiger partial charge in [0.2, 0.25) is 0 Å². The minimum atomic E-state index is 0.587. The number of fused-ring (bicyclic) bond motifs is 7. The number of benzene rings is 8. The quantitative estimate of drug-likeness (QED) is 0.180. The fraction of sp³-hybridized carbons (Fsp3) is 0. The summed E-state index contributed by atoms with van der Waals surface area (Å²) in [5.41, 5.74) is 10.0. The smallest absolute Gasteiger partial charge is 0.164 e. The first-order valence-corrected chi connectivity index (χ1v) is 18.1. The first kappa shape index (κ1) is 30.3. The van der Waals surface area contributed by atoms with Gasteiger partial charge >= 0.3 is 0 Å². The molecule has 3 heterocycles. The first-order chi connectivity index (χ1) is 26.7. The molecule has 0 aliphatic carbocycles. The fourth-order valence-corrected chi connectivity index (χ4v) is 7.80. The van der Waals surface area contributed by atoms with Gasteiger partial charge in [0.05, 0.1) is 11.0 Å². The Balaban J connectivity index is 1.08. The highest BCUT2D eigenvalue weighted by molar-refractivity contribution is 6.10. The highest BCUT2D eigenvalue weighted by atomic mass is 16.3. The van der Waals surface area contributed by atoms with E-state index in [1.807, 2.05) is 54.6 Å². The summed E-state index contributed by atoms with van der Waals surface area (Å²) in [4.78, 5) is 15.2. The van der Waals surface area contributed by atoms with Crippen molar-refractivity contribution >= 4 is 54.5 Å². The lowest BCUT2D eigenvalue weighted by Gasteiger charge is -2.12. The average molecular weight is 691 g/mol. The summed E-state index contributed by atoms with van der Waals surface area (Å²) in [5, 5.41) is 7.03. The Hall–Kier alpha value is -7.37. The summed E-state index contributed by atoms with van der Waals surface area (Å²) < 4.78 is 8.61. The van der Waals surface area contributed by atoms with Crippen LogP contribution in [0.2, 0.25) is 0 Å². The second-order valence-electron chi connectivity index (χ2n) is 13.7. The normalized spacial score (nSPS) is 11.7. The number of furan rings is 1. The molecule has 0 spiro atoms. The zero-order chi connectivity index (χ0) is 35.6. The Morgan fingerprint density at radius 3 is 1.80 bits per heavy atom. The van der Waals surface area contributed by atoms with Crippen LogP contribution in [0.25, 0.3) is 105 Å². The molecule has 11 rings (SSSR count). The Morgan fingerprint density at radius 1 is 0.333 bits per heavy atom. The summed E-state index contributed by atoms with van der Waals surface area (Å²) >= 11 is 0. The van der Waals surface area contributed by atoms with Gasteiger partial charge in [0, 0.05) is 43.9 Å². The molecule has 0 amide bonds. The largest absolute Gasteiger partial charge is 0.456 e. The van der Waals surface area contributed by atoms with Gasteiger partial charge in [0.1, 0.15) is 11.2 Å². The molecule has 11 aromatic rings. The maximum Gasteiger partial charge on any atom is 0.164 e. The van der Waals surface area contributed by atoms with Crippen LogP contribution >= 0.6 is 0 Å². The van der Waals surface area contributed by atoms with E-state index in [1.54, 1.807) is 0 Å². The van der Waals surface area contributed by atoms with Crippen LogP contribution in [0.5, 0.6) is 0 Å². The lowest BCUT2D eigenvalue weighted by molar-refractivity contribution is 0.669. The summed E-state index contributed by atoms with van der Waals surface area (Å²) in [6, 6.07) is 63.5. The Bertz CT molecular complexity index is 3230. The number of hydrogen-bond acceptors (Lipinski definition) is 4. The molecule has 3 aromatic heterocycles. The molecule has 252 valence electrons. The van der Waals surface area contributed by atoms with Crippen molar-refractivity contribution < 1.29 is 4.42 Å². The molecular weight excluding hydrogens is 661 g/mol. The zero-order valence-corrected chi connectivity index (χ0v) is 29.0. The standard InChI is InChI=1S/C49H30N4O/c1-2-12-32(13-3-1)47-50-48(52-49(51-47)37-24-26-42-41-18-7-9-20-45(41)54-46(42)30-37)36-15-10-16-38(28-36)53-43-19-8-6-17-39(43)40-25-23-35(29-44(40)53)34-22-21-31-11-4-5-14-33(31)27-34/h1-30H.